The third kappa shape index (κ3) is 11.1. The summed E-state index contributed by atoms with van der Waals surface area (Å²) in [6.07, 6.45) is 8.68. The predicted octanol–water partition coefficient (Wildman–Crippen LogP) is 5.74. The van der Waals surface area contributed by atoms with Crippen LogP contribution in [0.4, 0.5) is 0 Å². The SMILES string of the molecule is CC(C)(C)c1[c-]c2c(cc1)-c1ccc(C(C)(C)C)cc1C2.CC1[C-]=CC(C(C)(C)C)=C1.Cc1ccc([C](=[Zr+2])c2ccccc2)cc1.[Cl-].[Cl-]. The van der Waals surface area contributed by atoms with Crippen molar-refractivity contribution in [1.82, 2.24) is 0 Å². The number of benzene rings is 4. The molecule has 0 aliphatic heterocycles. The van der Waals surface area contributed by atoms with Crippen LogP contribution in [-0.2, 0) is 41.5 Å². The van der Waals surface area contributed by atoms with Gasteiger partial charge in [-0.05, 0) is 28.4 Å². The second-order valence-corrected chi connectivity index (χ2v) is 17.1. The summed E-state index contributed by atoms with van der Waals surface area (Å²) in [6.45, 7) is 24.6. The van der Waals surface area contributed by atoms with Gasteiger partial charge in [-0.3, -0.25) is 6.08 Å². The van der Waals surface area contributed by atoms with E-state index in [-0.39, 0.29) is 35.6 Å². The molecule has 4 aromatic rings. The Morgan fingerprint density at radius 2 is 1.27 bits per heavy atom. The Bertz CT molecular complexity index is 1660. The van der Waals surface area contributed by atoms with Crippen molar-refractivity contribution in [2.75, 3.05) is 0 Å². The van der Waals surface area contributed by atoms with Gasteiger partial charge in [-0.15, -0.1) is 11.1 Å². The summed E-state index contributed by atoms with van der Waals surface area (Å²) in [5.74, 6) is 0.522. The van der Waals surface area contributed by atoms with Crippen molar-refractivity contribution >= 4 is 3.21 Å². The van der Waals surface area contributed by atoms with Gasteiger partial charge in [0, 0.05) is 0 Å². The first-order chi connectivity index (χ1) is 21.4. The minimum atomic E-state index is 0. The minimum absolute atomic E-state index is 0. The fourth-order valence-corrected chi connectivity index (χ4v) is 6.39. The summed E-state index contributed by atoms with van der Waals surface area (Å²) in [4.78, 5) is 0. The molecule has 0 nitrogen and oxygen atoms in total. The van der Waals surface area contributed by atoms with E-state index in [9.17, 15) is 0 Å². The Morgan fingerprint density at radius 1 is 0.688 bits per heavy atom. The molecule has 1 unspecified atom stereocenters. The monoisotopic (exact) mass is 752 g/mol. The quantitative estimate of drug-likeness (QED) is 0.202. The van der Waals surface area contributed by atoms with Gasteiger partial charge in [0.2, 0.25) is 0 Å². The molecule has 0 radical (unpaired) electrons. The normalized spacial score (nSPS) is 14.5. The number of fused-ring (bicyclic) bond motifs is 3. The first kappa shape index (κ1) is 41.9. The Hall–Kier alpha value is -2.31. The third-order valence-corrected chi connectivity index (χ3v) is 10.1. The van der Waals surface area contributed by atoms with Gasteiger partial charge in [-0.1, -0.05) is 104 Å². The Morgan fingerprint density at radius 3 is 1.77 bits per heavy atom. The van der Waals surface area contributed by atoms with Gasteiger partial charge < -0.3 is 24.8 Å². The molecule has 0 fully saturated rings. The number of rotatable bonds is 2. The van der Waals surface area contributed by atoms with Crippen LogP contribution in [0.2, 0.25) is 0 Å². The zero-order valence-electron chi connectivity index (χ0n) is 30.8. The van der Waals surface area contributed by atoms with E-state index in [1.54, 1.807) is 0 Å². The van der Waals surface area contributed by atoms with E-state index in [1.807, 2.05) is 0 Å². The molecule has 0 saturated heterocycles. The van der Waals surface area contributed by atoms with Crippen LogP contribution in [0.1, 0.15) is 108 Å². The predicted molar refractivity (Wildman–Crippen MR) is 196 cm³/mol. The van der Waals surface area contributed by atoms with Crippen LogP contribution in [0, 0.1) is 30.4 Å². The van der Waals surface area contributed by atoms with Crippen molar-refractivity contribution < 1.29 is 49.0 Å². The fraction of sp³-hybridized carbons (Fsp3) is 0.356. The molecule has 2 aliphatic rings. The van der Waals surface area contributed by atoms with Crippen LogP contribution in [0.15, 0.2) is 103 Å². The molecule has 0 N–H and O–H groups in total. The number of allylic oxidation sites excluding steroid dienone is 4. The molecule has 0 aromatic heterocycles. The van der Waals surface area contributed by atoms with Gasteiger partial charge in [0.15, 0.2) is 0 Å². The molecule has 2 aliphatic carbocycles. The standard InChI is InChI=1S/C21H25.C14H12.C10H15.2ClH.Zr/c1-20(2,3)16-7-9-18-14(12-16)11-15-13-17(21(4,5)6)8-10-19(15)18;1-12-7-9-14(10-8-12)11-13-5-3-2-4-6-13;1-8-5-6-9(7-8)10(2,3)4;;;/h7-10,12H,11H2,1-6H3;2-10H,1H3;6-8H,1-4H3;2*1H;/q-1;;-1;;;+2/p-2. The van der Waals surface area contributed by atoms with Gasteiger partial charge in [0.1, 0.15) is 0 Å². The van der Waals surface area contributed by atoms with Crippen LogP contribution in [0.3, 0.4) is 0 Å². The molecular formula is C45H52Cl2Zr-2. The maximum Gasteiger partial charge on any atom is -1.00 e. The van der Waals surface area contributed by atoms with Crippen LogP contribution in [-0.4, -0.2) is 3.21 Å². The topological polar surface area (TPSA) is 0 Å². The molecule has 48 heavy (non-hydrogen) atoms. The van der Waals surface area contributed by atoms with Crippen molar-refractivity contribution in [2.24, 2.45) is 11.3 Å². The maximum absolute atomic E-state index is 3.67. The molecule has 1 atom stereocenters. The van der Waals surface area contributed by atoms with Gasteiger partial charge in [0.05, 0.1) is 0 Å². The van der Waals surface area contributed by atoms with E-state index < -0.39 is 0 Å². The first-order valence-corrected chi connectivity index (χ1v) is 17.9. The summed E-state index contributed by atoms with van der Waals surface area (Å²) in [6, 6.07) is 34.5. The molecule has 0 amide bonds. The summed E-state index contributed by atoms with van der Waals surface area (Å²) in [5, 5.41) is 0. The van der Waals surface area contributed by atoms with E-state index in [1.165, 1.54) is 83.1 Å². The molecule has 0 saturated carbocycles. The van der Waals surface area contributed by atoms with Crippen molar-refractivity contribution in [3.8, 4) is 11.1 Å². The average molecular weight is 755 g/mol. The molecule has 0 heterocycles. The van der Waals surface area contributed by atoms with E-state index in [2.05, 4.69) is 185 Å². The molecular weight excluding hydrogens is 703 g/mol. The zero-order chi connectivity index (χ0) is 33.9. The Balaban J connectivity index is 0.000000261. The molecule has 4 aromatic carbocycles. The van der Waals surface area contributed by atoms with E-state index in [4.69, 9.17) is 0 Å². The number of halogens is 2. The molecule has 0 bridgehead atoms. The van der Waals surface area contributed by atoms with Crippen molar-refractivity contribution in [3.05, 3.63) is 154 Å². The summed E-state index contributed by atoms with van der Waals surface area (Å²) >= 11 is 1.46. The van der Waals surface area contributed by atoms with E-state index in [0.29, 0.717) is 11.3 Å². The summed E-state index contributed by atoms with van der Waals surface area (Å²) in [7, 11) is 0. The second kappa shape index (κ2) is 17.1. The number of aryl methyl sites for hydroxylation is 1. The second-order valence-electron chi connectivity index (χ2n) is 15.9. The van der Waals surface area contributed by atoms with Crippen LogP contribution in [0.25, 0.3) is 11.1 Å². The molecule has 252 valence electrons. The van der Waals surface area contributed by atoms with Crippen molar-refractivity contribution in [3.63, 3.8) is 0 Å². The number of hydrogen-bond donors (Lipinski definition) is 0. The average Bonchev–Trinajstić information content (AvgIpc) is 3.60. The Labute approximate surface area is 319 Å². The molecule has 6 rings (SSSR count). The first-order valence-electron chi connectivity index (χ1n) is 16.7. The van der Waals surface area contributed by atoms with Gasteiger partial charge in [-0.25, -0.2) is 6.08 Å². The smallest absolute Gasteiger partial charge is 1.00 e. The maximum atomic E-state index is 3.67. The number of hydrogen-bond acceptors (Lipinski definition) is 0. The van der Waals surface area contributed by atoms with E-state index >= 15 is 0 Å². The summed E-state index contributed by atoms with van der Waals surface area (Å²) in [5.41, 5.74) is 14.4. The Kier molecular flexibility index (Phi) is 14.9. The van der Waals surface area contributed by atoms with E-state index in [0.717, 1.165) is 6.42 Å². The van der Waals surface area contributed by atoms with Crippen LogP contribution in [0.5, 0.6) is 0 Å². The summed E-state index contributed by atoms with van der Waals surface area (Å²) < 4.78 is 1.42. The fourth-order valence-electron chi connectivity index (χ4n) is 5.57. The zero-order valence-corrected chi connectivity index (χ0v) is 34.7. The molecule has 0 spiro atoms. The van der Waals surface area contributed by atoms with Gasteiger partial charge >= 0.3 is 106 Å². The largest absolute Gasteiger partial charge is 1.00 e. The molecule has 3 heteroatoms. The van der Waals surface area contributed by atoms with Crippen molar-refractivity contribution in [1.29, 1.82) is 0 Å². The van der Waals surface area contributed by atoms with Crippen LogP contribution >= 0.6 is 0 Å². The minimum Gasteiger partial charge on any atom is -1.00 e. The van der Waals surface area contributed by atoms with Crippen molar-refractivity contribution in [2.45, 2.75) is 93.4 Å². The third-order valence-electron chi connectivity index (χ3n) is 8.66. The van der Waals surface area contributed by atoms with Gasteiger partial charge in [-0.2, -0.15) is 35.4 Å². The van der Waals surface area contributed by atoms with Gasteiger partial charge in [0.25, 0.3) is 0 Å². The van der Waals surface area contributed by atoms with Crippen LogP contribution < -0.4 is 24.8 Å².